The summed E-state index contributed by atoms with van der Waals surface area (Å²) in [7, 11) is 0. The molecule has 0 radical (unpaired) electrons. The monoisotopic (exact) mass is 523 g/mol. The van der Waals surface area contributed by atoms with Gasteiger partial charge in [0, 0.05) is 6.54 Å². The van der Waals surface area contributed by atoms with Crippen LogP contribution < -0.4 is 5.32 Å². The summed E-state index contributed by atoms with van der Waals surface area (Å²) in [5.74, 6) is 0.419. The molecule has 0 aromatic heterocycles. The van der Waals surface area contributed by atoms with Crippen LogP contribution in [0.5, 0.6) is 0 Å². The van der Waals surface area contributed by atoms with Gasteiger partial charge in [-0.2, -0.15) is 26.3 Å². The van der Waals surface area contributed by atoms with Crippen molar-refractivity contribution in [2.75, 3.05) is 26.3 Å². The Morgan fingerprint density at radius 2 is 1.86 bits per heavy atom. The molecule has 1 amide bonds. The van der Waals surface area contributed by atoms with Gasteiger partial charge in [0.05, 0.1) is 29.2 Å². The second kappa shape index (κ2) is 10.1. The predicted octanol–water partition coefficient (Wildman–Crippen LogP) is 4.43. The van der Waals surface area contributed by atoms with Gasteiger partial charge in [0.15, 0.2) is 0 Å². The Hall–Kier alpha value is -2.09. The van der Waals surface area contributed by atoms with Gasteiger partial charge in [-0.3, -0.25) is 14.7 Å². The van der Waals surface area contributed by atoms with Crippen LogP contribution in [-0.2, 0) is 23.6 Å². The van der Waals surface area contributed by atoms with Gasteiger partial charge >= 0.3 is 12.4 Å². The third-order valence-electron chi connectivity index (χ3n) is 6.13. The van der Waals surface area contributed by atoms with E-state index in [0.717, 1.165) is 17.8 Å². The third kappa shape index (κ3) is 6.38. The van der Waals surface area contributed by atoms with Crippen LogP contribution in [0.25, 0.3) is 0 Å². The van der Waals surface area contributed by atoms with Crippen molar-refractivity contribution in [1.82, 2.24) is 10.2 Å². The van der Waals surface area contributed by atoms with E-state index in [1.54, 1.807) is 4.90 Å². The number of piperidine rings is 1. The van der Waals surface area contributed by atoms with Crippen LogP contribution in [0.4, 0.5) is 31.1 Å². The first-order chi connectivity index (χ1) is 16.4. The minimum atomic E-state index is -4.90. The molecule has 3 aliphatic rings. The number of amidine groups is 1. The Balaban J connectivity index is 1.41. The lowest BCUT2D eigenvalue weighted by Crippen LogP contribution is -2.33. The number of allylic oxidation sites excluding steroid dienone is 1. The summed E-state index contributed by atoms with van der Waals surface area (Å²) in [6.45, 7) is 1.20. The fraction of sp³-hybridized carbons (Fsp3) is 0.545. The van der Waals surface area contributed by atoms with E-state index in [9.17, 15) is 36.2 Å². The van der Waals surface area contributed by atoms with Crippen molar-refractivity contribution in [3.05, 3.63) is 45.9 Å². The summed E-state index contributed by atoms with van der Waals surface area (Å²) in [6, 6.07) is 1.27. The van der Waals surface area contributed by atoms with E-state index in [-0.39, 0.29) is 42.5 Å². The molecule has 35 heavy (non-hydrogen) atoms. The molecular formula is C22H23F6N3O3S. The van der Waals surface area contributed by atoms with E-state index in [4.69, 9.17) is 4.74 Å². The van der Waals surface area contributed by atoms with E-state index in [2.05, 4.69) is 10.3 Å². The highest BCUT2D eigenvalue weighted by Gasteiger charge is 2.38. The van der Waals surface area contributed by atoms with E-state index < -0.39 is 35.6 Å². The van der Waals surface area contributed by atoms with Crippen molar-refractivity contribution in [2.45, 2.75) is 43.9 Å². The van der Waals surface area contributed by atoms with Gasteiger partial charge < -0.3 is 15.2 Å². The molecule has 2 N–H and O–H groups in total. The normalized spacial score (nSPS) is 27.2. The zero-order chi connectivity index (χ0) is 25.4. The van der Waals surface area contributed by atoms with Crippen LogP contribution in [0.15, 0.2) is 34.2 Å². The van der Waals surface area contributed by atoms with Crippen LogP contribution in [0.2, 0.25) is 0 Å². The minimum Gasteiger partial charge on any atom is -0.388 e. The number of thioether (sulfide) groups is 1. The molecule has 4 rings (SSSR count). The summed E-state index contributed by atoms with van der Waals surface area (Å²) in [4.78, 5) is 18.7. The standard InChI is InChI=1S/C22H23F6N3O3S/c23-21(24,25)14-2-1-13(15(8-14)22(26,27)28)9-31-5-3-12(4-6-31)7-18-19(30-20(33)35-18)29-16-10-34-11-17(16)32/h1-2,7-8,12,16-17,32H,3-6,9-11H2,(H,29,30,33)/t16-,17-/m1/s1. The molecule has 3 aliphatic heterocycles. The van der Waals surface area contributed by atoms with Gasteiger partial charge in [0.1, 0.15) is 18.0 Å². The smallest absolute Gasteiger partial charge is 0.388 e. The number of aliphatic hydroxyl groups excluding tert-OH is 1. The second-order valence-corrected chi connectivity index (χ2v) is 9.69. The number of nitrogens with zero attached hydrogens (tertiary/aromatic N) is 2. The topological polar surface area (TPSA) is 74.2 Å². The summed E-state index contributed by atoms with van der Waals surface area (Å²) in [6.07, 6.45) is -7.40. The highest BCUT2D eigenvalue weighted by atomic mass is 32.2. The number of halogens is 6. The summed E-state index contributed by atoms with van der Waals surface area (Å²) in [5.41, 5.74) is -2.80. The molecule has 0 saturated carbocycles. The third-order valence-corrected chi connectivity index (χ3v) is 6.97. The second-order valence-electron chi connectivity index (χ2n) is 8.68. The average Bonchev–Trinajstić information content (AvgIpc) is 3.33. The highest BCUT2D eigenvalue weighted by Crippen LogP contribution is 2.38. The Labute approximate surface area is 201 Å². The number of alkyl halides is 6. The fourth-order valence-electron chi connectivity index (χ4n) is 4.25. The van der Waals surface area contributed by atoms with Crippen LogP contribution in [0, 0.1) is 5.92 Å². The molecule has 0 aliphatic carbocycles. The van der Waals surface area contributed by atoms with Crippen molar-refractivity contribution in [2.24, 2.45) is 10.9 Å². The Morgan fingerprint density at radius 1 is 1.14 bits per heavy atom. The van der Waals surface area contributed by atoms with E-state index in [1.807, 2.05) is 6.08 Å². The molecule has 192 valence electrons. The van der Waals surface area contributed by atoms with Crippen molar-refractivity contribution < 1.29 is 41.0 Å². The summed E-state index contributed by atoms with van der Waals surface area (Å²) in [5, 5.41) is 12.3. The lowest BCUT2D eigenvalue weighted by atomic mass is 9.95. The zero-order valence-corrected chi connectivity index (χ0v) is 19.1. The molecule has 2 atom stereocenters. The number of likely N-dealkylation sites (tertiary alicyclic amines) is 1. The van der Waals surface area contributed by atoms with Gasteiger partial charge in [0.2, 0.25) is 0 Å². The first-order valence-electron chi connectivity index (χ1n) is 10.9. The van der Waals surface area contributed by atoms with Crippen LogP contribution in [0.3, 0.4) is 0 Å². The predicted molar refractivity (Wildman–Crippen MR) is 117 cm³/mol. The number of hydrogen-bond acceptors (Lipinski definition) is 6. The van der Waals surface area contributed by atoms with Crippen LogP contribution in [-0.4, -0.2) is 59.5 Å². The summed E-state index contributed by atoms with van der Waals surface area (Å²) < 4.78 is 84.2. The number of rotatable bonds is 4. The molecular weight excluding hydrogens is 500 g/mol. The van der Waals surface area contributed by atoms with Gasteiger partial charge in [-0.1, -0.05) is 12.1 Å². The van der Waals surface area contributed by atoms with E-state index in [1.165, 1.54) is 0 Å². The molecule has 3 heterocycles. The lowest BCUT2D eigenvalue weighted by Gasteiger charge is -2.31. The van der Waals surface area contributed by atoms with Crippen LogP contribution >= 0.6 is 11.8 Å². The number of ether oxygens (including phenoxy) is 1. The first kappa shape index (κ1) is 26.0. The number of benzene rings is 1. The van der Waals surface area contributed by atoms with Gasteiger partial charge in [0.25, 0.3) is 5.24 Å². The number of nitrogens with one attached hydrogen (secondary N) is 1. The molecule has 3 fully saturated rings. The molecule has 0 unspecified atom stereocenters. The zero-order valence-electron chi connectivity index (χ0n) is 18.3. The van der Waals surface area contributed by atoms with Crippen molar-refractivity contribution in [1.29, 1.82) is 0 Å². The van der Waals surface area contributed by atoms with E-state index >= 15 is 0 Å². The SMILES string of the molecule is O=C1NC(=N[C@@H]2COC[C@H]2O)C(=CC2CCN(Cc3ccc(C(F)(F)F)cc3C(F)(F)F)CC2)S1. The lowest BCUT2D eigenvalue weighted by molar-refractivity contribution is -0.143. The quantitative estimate of drug-likeness (QED) is 0.572. The molecule has 1 aromatic carbocycles. The van der Waals surface area contributed by atoms with Crippen molar-refractivity contribution in [3.8, 4) is 0 Å². The maximum absolute atomic E-state index is 13.4. The Kier molecular flexibility index (Phi) is 7.51. The first-order valence-corrected chi connectivity index (χ1v) is 11.8. The maximum atomic E-state index is 13.4. The number of carbonyl (C=O) groups excluding carboxylic acids is 1. The number of aliphatic imine (C=N–C) groups is 1. The Morgan fingerprint density at radius 3 is 2.46 bits per heavy atom. The molecule has 0 spiro atoms. The van der Waals surface area contributed by atoms with Gasteiger partial charge in [-0.25, -0.2) is 0 Å². The summed E-state index contributed by atoms with van der Waals surface area (Å²) >= 11 is 0.991. The molecule has 3 saturated heterocycles. The van der Waals surface area contributed by atoms with Gasteiger partial charge in [-0.15, -0.1) is 0 Å². The number of carbonyl (C=O) groups is 1. The fourth-order valence-corrected chi connectivity index (χ4v) is 5.06. The van der Waals surface area contributed by atoms with E-state index in [0.29, 0.717) is 42.7 Å². The highest BCUT2D eigenvalue weighted by molar-refractivity contribution is 8.18. The minimum absolute atomic E-state index is 0.0473. The maximum Gasteiger partial charge on any atom is 0.416 e. The molecule has 0 bridgehead atoms. The average molecular weight is 523 g/mol. The number of aliphatic hydroxyl groups is 1. The Bertz CT molecular complexity index is 1020. The van der Waals surface area contributed by atoms with Gasteiger partial charge in [-0.05, 0) is 61.3 Å². The number of hydrogen-bond donors (Lipinski definition) is 2. The molecule has 1 aromatic rings. The van der Waals surface area contributed by atoms with Crippen LogP contribution in [0.1, 0.15) is 29.5 Å². The van der Waals surface area contributed by atoms with Crippen molar-refractivity contribution >= 4 is 22.8 Å². The largest absolute Gasteiger partial charge is 0.416 e. The molecule has 6 nitrogen and oxygen atoms in total. The number of amides is 1. The van der Waals surface area contributed by atoms with Crippen molar-refractivity contribution in [3.63, 3.8) is 0 Å². The molecule has 13 heteroatoms.